The summed E-state index contributed by atoms with van der Waals surface area (Å²) >= 11 is 0. The second kappa shape index (κ2) is 21.7. The lowest BCUT2D eigenvalue weighted by Crippen LogP contribution is -2.62. The Morgan fingerprint density at radius 3 is 1.52 bits per heavy atom. The summed E-state index contributed by atoms with van der Waals surface area (Å²) in [6.45, 7) is 21.6. The quantitative estimate of drug-likeness (QED) is 0.0596. The molecule has 1 heterocycles. The normalized spacial score (nSPS) is 21.4. The molecule has 0 bridgehead atoms. The van der Waals surface area contributed by atoms with Crippen LogP contribution in [0.4, 0.5) is 0 Å². The minimum absolute atomic E-state index is 0.00284. The van der Waals surface area contributed by atoms with Gasteiger partial charge in [0.2, 0.25) is 0 Å². The van der Waals surface area contributed by atoms with E-state index in [4.69, 9.17) is 32.4 Å². The molecule has 296 valence electrons. The fourth-order valence-corrected chi connectivity index (χ4v) is 8.74. The van der Waals surface area contributed by atoms with Crippen LogP contribution in [0.5, 0.6) is 0 Å². The molecule has 0 aliphatic carbocycles. The molecule has 4 rings (SSSR count). The number of nitrogens with zero attached hydrogens (tertiary/aromatic N) is 2. The number of ether oxygens (including phenoxy) is 4. The second-order valence-corrected chi connectivity index (χ2v) is 22.2. The summed E-state index contributed by atoms with van der Waals surface area (Å²) in [7, 11) is -3.70. The number of hydrogen-bond donors (Lipinski definition) is 0. The predicted molar refractivity (Wildman–Crippen MR) is 218 cm³/mol. The monoisotopic (exact) mass is 778 g/mol. The summed E-state index contributed by atoms with van der Waals surface area (Å²) in [6, 6.07) is 33.0. The Kier molecular flexibility index (Phi) is 17.8. The van der Waals surface area contributed by atoms with Crippen molar-refractivity contribution >= 4 is 16.8 Å². The van der Waals surface area contributed by atoms with E-state index < -0.39 is 47.4 Å². The molecule has 3 aromatic rings. The van der Waals surface area contributed by atoms with E-state index in [1.54, 1.807) is 0 Å². The minimum Gasteiger partial charge on any atom is -0.414 e. The highest BCUT2D eigenvalue weighted by molar-refractivity contribution is 7.44. The largest absolute Gasteiger partial charge is 0.414 e. The first-order valence-electron chi connectivity index (χ1n) is 19.3. The van der Waals surface area contributed by atoms with E-state index >= 15 is 0 Å². The van der Waals surface area contributed by atoms with Gasteiger partial charge in [-0.1, -0.05) is 112 Å². The fraction of sp³-hybridized carbons (Fsp3) is 0.558. The van der Waals surface area contributed by atoms with Crippen LogP contribution >= 0.6 is 8.53 Å². The predicted octanol–water partition coefficient (Wildman–Crippen LogP) is 9.82. The van der Waals surface area contributed by atoms with Gasteiger partial charge in [0, 0.05) is 12.1 Å². The lowest BCUT2D eigenvalue weighted by atomic mass is 9.94. The summed E-state index contributed by atoms with van der Waals surface area (Å²) in [6.07, 6.45) is -2.38. The zero-order valence-electron chi connectivity index (χ0n) is 33.9. The molecule has 0 amide bonds. The van der Waals surface area contributed by atoms with Gasteiger partial charge in [0.15, 0.2) is 8.32 Å². The van der Waals surface area contributed by atoms with Crippen LogP contribution in [0.3, 0.4) is 0 Å². The highest BCUT2D eigenvalue weighted by atomic mass is 31.2. The maximum atomic E-state index is 9.30. The highest BCUT2D eigenvalue weighted by Gasteiger charge is 2.50. The molecular weight excluding hydrogens is 716 g/mol. The Bertz CT molecular complexity index is 1510. The van der Waals surface area contributed by atoms with E-state index in [0.717, 1.165) is 16.7 Å². The molecule has 0 N–H and O–H groups in total. The van der Waals surface area contributed by atoms with Crippen LogP contribution in [0.2, 0.25) is 18.1 Å². The SMILES string of the molecule is CC(C)N(C(C)C)P(OCCC#N)OC[C@@H]1O[C@H](CO[Si](C)(C)C(C)(C)C)[C@@H](OCc2ccccc2)[C@H](OCc2ccccc2)[C@H]1OCc1ccccc1. The Morgan fingerprint density at radius 2 is 1.11 bits per heavy atom. The molecule has 1 unspecified atom stereocenters. The third-order valence-electron chi connectivity index (χ3n) is 10.0. The van der Waals surface area contributed by atoms with Gasteiger partial charge in [-0.25, -0.2) is 4.67 Å². The van der Waals surface area contributed by atoms with Crippen molar-refractivity contribution in [3.63, 3.8) is 0 Å². The molecule has 0 saturated carbocycles. The summed E-state index contributed by atoms with van der Waals surface area (Å²) in [5.41, 5.74) is 3.14. The molecule has 3 aromatic carbocycles. The van der Waals surface area contributed by atoms with Crippen molar-refractivity contribution in [1.82, 2.24) is 4.67 Å². The molecule has 0 aromatic heterocycles. The first-order chi connectivity index (χ1) is 25.8. The molecular formula is C43H63N2O7PSi. The Balaban J connectivity index is 1.74. The smallest absolute Gasteiger partial charge is 0.259 e. The molecule has 1 fully saturated rings. The van der Waals surface area contributed by atoms with Crippen LogP contribution < -0.4 is 0 Å². The maximum absolute atomic E-state index is 9.30. The van der Waals surface area contributed by atoms with Gasteiger partial charge >= 0.3 is 0 Å². The van der Waals surface area contributed by atoms with Gasteiger partial charge in [-0.2, -0.15) is 5.26 Å². The Hall–Kier alpha value is -2.52. The number of benzene rings is 3. The summed E-state index contributed by atoms with van der Waals surface area (Å²) in [5, 5.41) is 9.30. The zero-order chi connectivity index (χ0) is 39.1. The topological polar surface area (TPSA) is 91.6 Å². The highest BCUT2D eigenvalue weighted by Crippen LogP contribution is 2.47. The van der Waals surface area contributed by atoms with Crippen molar-refractivity contribution in [2.45, 2.75) is 135 Å². The van der Waals surface area contributed by atoms with E-state index in [1.165, 1.54) is 0 Å². The van der Waals surface area contributed by atoms with Crippen molar-refractivity contribution in [2.75, 3.05) is 19.8 Å². The molecule has 9 nitrogen and oxygen atoms in total. The van der Waals surface area contributed by atoms with Gasteiger partial charge in [-0.3, -0.25) is 0 Å². The van der Waals surface area contributed by atoms with Crippen LogP contribution in [0, 0.1) is 11.3 Å². The molecule has 0 radical (unpaired) electrons. The van der Waals surface area contributed by atoms with E-state index in [2.05, 4.69) is 109 Å². The summed E-state index contributed by atoms with van der Waals surface area (Å²) < 4.78 is 49.9. The Labute approximate surface area is 327 Å². The molecule has 6 atom stereocenters. The number of rotatable bonds is 21. The third-order valence-corrected chi connectivity index (χ3v) is 16.6. The maximum Gasteiger partial charge on any atom is 0.259 e. The summed E-state index contributed by atoms with van der Waals surface area (Å²) in [5.74, 6) is 0. The van der Waals surface area contributed by atoms with E-state index in [-0.39, 0.29) is 36.8 Å². The van der Waals surface area contributed by atoms with Crippen molar-refractivity contribution in [3.05, 3.63) is 108 Å². The number of nitriles is 1. The third kappa shape index (κ3) is 13.3. The molecule has 1 saturated heterocycles. The van der Waals surface area contributed by atoms with Gasteiger partial charge in [0.1, 0.15) is 30.5 Å². The molecule has 1 aliphatic heterocycles. The first-order valence-corrected chi connectivity index (χ1v) is 23.3. The van der Waals surface area contributed by atoms with E-state index in [0.29, 0.717) is 26.4 Å². The van der Waals surface area contributed by atoms with Gasteiger partial charge in [-0.05, 0) is 62.5 Å². The van der Waals surface area contributed by atoms with Gasteiger partial charge in [-0.15, -0.1) is 0 Å². The van der Waals surface area contributed by atoms with E-state index in [9.17, 15) is 5.26 Å². The zero-order valence-corrected chi connectivity index (χ0v) is 35.7. The average Bonchev–Trinajstić information content (AvgIpc) is 3.14. The van der Waals surface area contributed by atoms with Gasteiger partial charge < -0.3 is 32.4 Å². The van der Waals surface area contributed by atoms with Crippen LogP contribution in [0.1, 0.15) is 71.6 Å². The molecule has 11 heteroatoms. The second-order valence-electron chi connectivity index (χ2n) is 15.9. The standard InChI is InChI=1S/C43H63N2O7PSi/c1-33(2)45(34(3)4)53(49-27-19-26-44)50-31-38-40(46-28-35-20-13-10-14-21-35)42(48-30-37-24-17-12-18-25-37)41(47-29-36-22-15-11-16-23-36)39(52-38)32-51-54(8,9)43(5,6)7/h10-18,20-25,33-34,38-42H,19,27-32H2,1-9H3/t38-,39+,40-,41+,42+,53?/m0/s1. The molecule has 54 heavy (non-hydrogen) atoms. The number of hydrogen-bond acceptors (Lipinski definition) is 9. The van der Waals surface area contributed by atoms with Gasteiger partial charge in [0.05, 0.1) is 52.1 Å². The van der Waals surface area contributed by atoms with Crippen LogP contribution in [-0.2, 0) is 52.2 Å². The van der Waals surface area contributed by atoms with E-state index in [1.807, 2.05) is 54.6 Å². The lowest BCUT2D eigenvalue weighted by molar-refractivity contribution is -0.273. The van der Waals surface area contributed by atoms with Crippen molar-refractivity contribution in [3.8, 4) is 6.07 Å². The van der Waals surface area contributed by atoms with Crippen molar-refractivity contribution in [1.29, 1.82) is 5.26 Å². The minimum atomic E-state index is -2.18. The van der Waals surface area contributed by atoms with Crippen molar-refractivity contribution < 1.29 is 32.4 Å². The first kappa shape index (κ1) is 44.2. The molecule has 0 spiro atoms. The van der Waals surface area contributed by atoms with Crippen LogP contribution in [0.15, 0.2) is 91.0 Å². The summed E-state index contributed by atoms with van der Waals surface area (Å²) in [4.78, 5) is 0. The average molecular weight is 779 g/mol. The lowest BCUT2D eigenvalue weighted by Gasteiger charge is -2.47. The van der Waals surface area contributed by atoms with Crippen molar-refractivity contribution in [2.24, 2.45) is 0 Å². The fourth-order valence-electron chi connectivity index (χ4n) is 6.11. The van der Waals surface area contributed by atoms with Crippen LogP contribution in [-0.4, -0.2) is 75.4 Å². The Morgan fingerprint density at radius 1 is 0.685 bits per heavy atom. The molecule has 1 aliphatic rings. The van der Waals surface area contributed by atoms with Gasteiger partial charge in [0.25, 0.3) is 8.53 Å². The van der Waals surface area contributed by atoms with Crippen LogP contribution in [0.25, 0.3) is 0 Å².